The Hall–Kier alpha value is -0.860. The first-order valence-corrected chi connectivity index (χ1v) is 7.42. The first-order chi connectivity index (χ1) is 7.49. The lowest BCUT2D eigenvalue weighted by Crippen LogP contribution is -2.12. The zero-order chi connectivity index (χ0) is 11.8. The second-order valence-electron chi connectivity index (χ2n) is 3.10. The maximum atomic E-state index is 11.9. The van der Waals surface area contributed by atoms with Crippen LogP contribution in [0.1, 0.15) is 5.69 Å². The summed E-state index contributed by atoms with van der Waals surface area (Å²) >= 11 is 4.33. The largest absolute Gasteiger partial charge is 0.281 e. The van der Waals surface area contributed by atoms with Gasteiger partial charge in [0.2, 0.25) is 0 Å². The van der Waals surface area contributed by atoms with Crippen molar-refractivity contribution in [3.8, 4) is 0 Å². The van der Waals surface area contributed by atoms with Crippen LogP contribution in [0.4, 0.5) is 5.82 Å². The molecule has 0 spiro atoms. The molecular formula is C8H8BrN3O2S2. The summed E-state index contributed by atoms with van der Waals surface area (Å²) in [6.07, 6.45) is 0. The molecule has 0 aliphatic carbocycles. The lowest BCUT2D eigenvalue weighted by molar-refractivity contribution is 0.602. The number of aryl methyl sites for hydroxylation is 1. The Balaban J connectivity index is 2.31. The number of hydrogen-bond donors (Lipinski definition) is 2. The lowest BCUT2D eigenvalue weighted by Gasteiger charge is -2.02. The number of H-pyrrole nitrogens is 1. The van der Waals surface area contributed by atoms with E-state index >= 15 is 0 Å². The molecular weight excluding hydrogens is 314 g/mol. The summed E-state index contributed by atoms with van der Waals surface area (Å²) in [7, 11) is -3.55. The maximum absolute atomic E-state index is 11.9. The molecule has 0 atom stereocenters. The SMILES string of the molecule is Cc1cc(NS(=O)(=O)c2sccc2Br)n[nH]1. The van der Waals surface area contributed by atoms with Crippen LogP contribution in [0, 0.1) is 6.92 Å². The average Bonchev–Trinajstić information content (AvgIpc) is 2.74. The number of nitrogens with zero attached hydrogens (tertiary/aromatic N) is 1. The van der Waals surface area contributed by atoms with Crippen LogP contribution in [0.5, 0.6) is 0 Å². The molecule has 8 heteroatoms. The third-order valence-corrected chi connectivity index (χ3v) is 5.80. The highest BCUT2D eigenvalue weighted by Crippen LogP contribution is 2.28. The Bertz CT molecular complexity index is 602. The molecule has 0 unspecified atom stereocenters. The fraction of sp³-hybridized carbons (Fsp3) is 0.125. The van der Waals surface area contributed by atoms with Gasteiger partial charge in [0.25, 0.3) is 10.0 Å². The smallest absolute Gasteiger partial charge is 0.273 e. The molecule has 0 aliphatic heterocycles. The second kappa shape index (κ2) is 4.19. The van der Waals surface area contributed by atoms with Crippen molar-refractivity contribution in [3.05, 3.63) is 27.7 Å². The van der Waals surface area contributed by atoms with Gasteiger partial charge in [-0.15, -0.1) is 11.3 Å². The van der Waals surface area contributed by atoms with Gasteiger partial charge >= 0.3 is 0 Å². The van der Waals surface area contributed by atoms with E-state index < -0.39 is 10.0 Å². The van der Waals surface area contributed by atoms with Crippen molar-refractivity contribution >= 4 is 43.1 Å². The van der Waals surface area contributed by atoms with E-state index in [0.29, 0.717) is 4.47 Å². The van der Waals surface area contributed by atoms with E-state index in [-0.39, 0.29) is 10.0 Å². The molecule has 5 nitrogen and oxygen atoms in total. The van der Waals surface area contributed by atoms with E-state index in [4.69, 9.17) is 0 Å². The van der Waals surface area contributed by atoms with Gasteiger partial charge < -0.3 is 0 Å². The van der Waals surface area contributed by atoms with E-state index in [9.17, 15) is 8.42 Å². The zero-order valence-electron chi connectivity index (χ0n) is 8.19. The second-order valence-corrected chi connectivity index (χ2v) is 6.75. The molecule has 0 bridgehead atoms. The summed E-state index contributed by atoms with van der Waals surface area (Å²) in [5.74, 6) is 0.290. The molecule has 16 heavy (non-hydrogen) atoms. The number of sulfonamides is 1. The monoisotopic (exact) mass is 321 g/mol. The van der Waals surface area contributed by atoms with E-state index in [1.54, 1.807) is 24.4 Å². The molecule has 0 fully saturated rings. The first kappa shape index (κ1) is 11.6. The van der Waals surface area contributed by atoms with E-state index in [1.807, 2.05) is 0 Å². The van der Waals surface area contributed by atoms with Gasteiger partial charge in [-0.2, -0.15) is 5.10 Å². The summed E-state index contributed by atoms with van der Waals surface area (Å²) in [6.45, 7) is 1.80. The van der Waals surface area contributed by atoms with E-state index in [2.05, 4.69) is 30.8 Å². The third-order valence-electron chi connectivity index (χ3n) is 1.77. The Morgan fingerprint density at radius 2 is 2.31 bits per heavy atom. The van der Waals surface area contributed by atoms with Crippen LogP contribution in [0.3, 0.4) is 0 Å². The van der Waals surface area contributed by atoms with Crippen LogP contribution in [0.25, 0.3) is 0 Å². The molecule has 0 amide bonds. The number of aromatic amines is 1. The predicted molar refractivity (Wildman–Crippen MR) is 66.2 cm³/mol. The van der Waals surface area contributed by atoms with Gasteiger partial charge in [0, 0.05) is 16.2 Å². The normalized spacial score (nSPS) is 11.6. The summed E-state index contributed by atoms with van der Waals surface area (Å²) in [4.78, 5) is 0. The van der Waals surface area contributed by atoms with Gasteiger partial charge in [-0.1, -0.05) is 0 Å². The average molecular weight is 322 g/mol. The molecule has 0 aromatic carbocycles. The van der Waals surface area contributed by atoms with Crippen molar-refractivity contribution in [2.24, 2.45) is 0 Å². The fourth-order valence-corrected chi connectivity index (χ4v) is 4.46. The number of halogens is 1. The number of hydrogen-bond acceptors (Lipinski definition) is 4. The Kier molecular flexibility index (Phi) is 3.04. The molecule has 2 aromatic heterocycles. The minimum atomic E-state index is -3.55. The van der Waals surface area contributed by atoms with Gasteiger partial charge in [0.1, 0.15) is 0 Å². The molecule has 2 N–H and O–H groups in total. The first-order valence-electron chi connectivity index (χ1n) is 4.27. The Labute approximate surface area is 105 Å². The van der Waals surface area contributed by atoms with Crippen LogP contribution < -0.4 is 4.72 Å². The lowest BCUT2D eigenvalue weighted by atomic mass is 10.5. The fourth-order valence-electron chi connectivity index (χ4n) is 1.13. The highest BCUT2D eigenvalue weighted by atomic mass is 79.9. The molecule has 2 rings (SSSR count). The quantitative estimate of drug-likeness (QED) is 0.911. The van der Waals surface area contributed by atoms with E-state index in [0.717, 1.165) is 17.0 Å². The van der Waals surface area contributed by atoms with Crippen molar-refractivity contribution in [2.45, 2.75) is 11.1 Å². The number of rotatable bonds is 3. The van der Waals surface area contributed by atoms with Crippen molar-refractivity contribution in [2.75, 3.05) is 4.72 Å². The zero-order valence-corrected chi connectivity index (χ0v) is 11.4. The van der Waals surface area contributed by atoms with Crippen molar-refractivity contribution in [1.82, 2.24) is 10.2 Å². The summed E-state index contributed by atoms with van der Waals surface area (Å²) in [6, 6.07) is 3.31. The summed E-state index contributed by atoms with van der Waals surface area (Å²) in [5.41, 5.74) is 0.794. The minimum Gasteiger partial charge on any atom is -0.281 e. The Morgan fingerprint density at radius 1 is 1.56 bits per heavy atom. The van der Waals surface area contributed by atoms with Crippen molar-refractivity contribution in [1.29, 1.82) is 0 Å². The van der Waals surface area contributed by atoms with Crippen LogP contribution in [-0.2, 0) is 10.0 Å². The molecule has 86 valence electrons. The van der Waals surface area contributed by atoms with Gasteiger partial charge in [-0.05, 0) is 34.3 Å². The summed E-state index contributed by atoms with van der Waals surface area (Å²) in [5, 5.41) is 8.18. The van der Waals surface area contributed by atoms with Gasteiger partial charge in [-0.25, -0.2) is 8.42 Å². The minimum absolute atomic E-state index is 0.244. The molecule has 2 heterocycles. The maximum Gasteiger partial charge on any atom is 0.273 e. The van der Waals surface area contributed by atoms with Crippen LogP contribution >= 0.6 is 27.3 Å². The molecule has 0 aliphatic rings. The standard InChI is InChI=1S/C8H8BrN3O2S2/c1-5-4-7(11-10-5)12-16(13,14)8-6(9)2-3-15-8/h2-4H,1H3,(H2,10,11,12). The third kappa shape index (κ3) is 2.28. The highest BCUT2D eigenvalue weighted by molar-refractivity contribution is 9.10. The number of aromatic nitrogens is 2. The predicted octanol–water partition coefficient (Wildman–Crippen LogP) is 2.34. The van der Waals surface area contributed by atoms with Crippen LogP contribution in [0.15, 0.2) is 26.2 Å². The topological polar surface area (TPSA) is 74.8 Å². The highest BCUT2D eigenvalue weighted by Gasteiger charge is 2.20. The van der Waals surface area contributed by atoms with Crippen LogP contribution in [0.2, 0.25) is 0 Å². The molecule has 0 saturated carbocycles. The number of anilines is 1. The molecule has 0 radical (unpaired) electrons. The number of nitrogens with one attached hydrogen (secondary N) is 2. The van der Waals surface area contributed by atoms with Gasteiger partial charge in [0.15, 0.2) is 10.0 Å². The molecule has 2 aromatic rings. The van der Waals surface area contributed by atoms with Crippen molar-refractivity contribution < 1.29 is 8.42 Å². The molecule has 0 saturated heterocycles. The van der Waals surface area contributed by atoms with Gasteiger partial charge in [0.05, 0.1) is 0 Å². The van der Waals surface area contributed by atoms with E-state index in [1.165, 1.54) is 0 Å². The van der Waals surface area contributed by atoms with Crippen LogP contribution in [-0.4, -0.2) is 18.6 Å². The summed E-state index contributed by atoms with van der Waals surface area (Å²) < 4.78 is 27.0. The van der Waals surface area contributed by atoms with Crippen molar-refractivity contribution in [3.63, 3.8) is 0 Å². The van der Waals surface area contributed by atoms with Gasteiger partial charge in [-0.3, -0.25) is 9.82 Å². The Morgan fingerprint density at radius 3 is 2.81 bits per heavy atom. The number of thiophene rings is 1.